The van der Waals surface area contributed by atoms with Crippen LogP contribution in [0.4, 0.5) is 13.2 Å². The molecule has 2 nitrogen and oxygen atoms in total. The highest BCUT2D eigenvalue weighted by Gasteiger charge is 2.43. The van der Waals surface area contributed by atoms with Crippen molar-refractivity contribution in [2.24, 2.45) is 14.1 Å². The Morgan fingerprint density at radius 2 is 1.84 bits per heavy atom. The van der Waals surface area contributed by atoms with E-state index in [1.807, 2.05) is 0 Å². The second-order valence-electron chi connectivity index (χ2n) is 4.65. The molecule has 0 aliphatic heterocycles. The Balaban J connectivity index is 2.36. The van der Waals surface area contributed by atoms with Crippen LogP contribution >= 0.6 is 0 Å². The number of nitrogens with zero attached hydrogens (tertiary/aromatic N) is 2. The minimum absolute atomic E-state index is 0.0620. The van der Waals surface area contributed by atoms with Gasteiger partial charge in [-0.1, -0.05) is 30.3 Å². The van der Waals surface area contributed by atoms with E-state index in [4.69, 9.17) is 0 Å². The van der Waals surface area contributed by atoms with Crippen molar-refractivity contribution >= 4 is 13.0 Å². The molecule has 1 heterocycles. The molecule has 0 aliphatic carbocycles. The predicted octanol–water partition coefficient (Wildman–Crippen LogP) is 1.21. The van der Waals surface area contributed by atoms with Crippen LogP contribution in [0.2, 0.25) is 0 Å². The Labute approximate surface area is 110 Å². The predicted molar refractivity (Wildman–Crippen MR) is 68.6 cm³/mol. The first-order valence-corrected chi connectivity index (χ1v) is 6.01. The zero-order chi connectivity index (χ0) is 14.0. The third kappa shape index (κ3) is 3.00. The van der Waals surface area contributed by atoms with E-state index in [1.165, 1.54) is 12.1 Å². The molecule has 0 fully saturated rings. The van der Waals surface area contributed by atoms with Gasteiger partial charge in [-0.25, -0.2) is 9.13 Å². The number of hydrogen-bond acceptors (Lipinski definition) is 0. The summed E-state index contributed by atoms with van der Waals surface area (Å²) in [5, 5.41) is 0. The molecule has 0 radical (unpaired) electrons. The van der Waals surface area contributed by atoms with Crippen LogP contribution in [0, 0.1) is 0 Å². The largest absolute Gasteiger partial charge is 0.389 e. The highest BCUT2D eigenvalue weighted by atomic mass is 19.4. The van der Waals surface area contributed by atoms with Crippen molar-refractivity contribution in [1.29, 1.82) is 0 Å². The highest BCUT2D eigenvalue weighted by Crippen LogP contribution is 2.33. The second-order valence-corrected chi connectivity index (χ2v) is 4.65. The topological polar surface area (TPSA) is 8.81 Å². The molecule has 2 rings (SSSR count). The first-order chi connectivity index (χ1) is 8.89. The highest BCUT2D eigenvalue weighted by molar-refractivity contribution is 6.52. The summed E-state index contributed by atoms with van der Waals surface area (Å²) in [4.78, 5) is 0. The fourth-order valence-corrected chi connectivity index (χ4v) is 2.20. The van der Waals surface area contributed by atoms with E-state index in [9.17, 15) is 13.2 Å². The molecule has 0 N–H and O–H groups in total. The lowest BCUT2D eigenvalue weighted by atomic mass is 9.60. The fourth-order valence-electron chi connectivity index (χ4n) is 2.20. The summed E-state index contributed by atoms with van der Waals surface area (Å²) in [5.74, 6) is -1.48. The van der Waals surface area contributed by atoms with Crippen molar-refractivity contribution < 1.29 is 17.7 Å². The molecule has 1 aromatic carbocycles. The lowest BCUT2D eigenvalue weighted by molar-refractivity contribution is -0.653. The molecule has 1 atom stereocenters. The van der Waals surface area contributed by atoms with E-state index < -0.39 is 12.0 Å². The van der Waals surface area contributed by atoms with Gasteiger partial charge >= 0.3 is 6.18 Å². The van der Waals surface area contributed by atoms with Gasteiger partial charge in [-0.15, -0.1) is 0 Å². The van der Waals surface area contributed by atoms with Crippen molar-refractivity contribution in [2.45, 2.75) is 12.0 Å². The van der Waals surface area contributed by atoms with Crippen LogP contribution in [0.1, 0.15) is 11.4 Å². The summed E-state index contributed by atoms with van der Waals surface area (Å²) in [6.07, 6.45) is -0.736. The van der Waals surface area contributed by atoms with Crippen LogP contribution < -0.4 is 10.3 Å². The van der Waals surface area contributed by atoms with Gasteiger partial charge < -0.3 is 0 Å². The molecular formula is C13H15BF3N2+. The summed E-state index contributed by atoms with van der Waals surface area (Å²) >= 11 is 0. The van der Waals surface area contributed by atoms with Gasteiger partial charge in [0.1, 0.15) is 12.4 Å². The Morgan fingerprint density at radius 3 is 2.32 bits per heavy atom. The summed E-state index contributed by atoms with van der Waals surface area (Å²) in [5.41, 5.74) is 0.947. The van der Waals surface area contributed by atoms with Gasteiger partial charge in [-0.2, -0.15) is 13.2 Å². The quantitative estimate of drug-likeness (QED) is 0.584. The molecule has 19 heavy (non-hydrogen) atoms. The monoisotopic (exact) mass is 267 g/mol. The number of aryl methyl sites for hydroxylation is 2. The van der Waals surface area contributed by atoms with Crippen molar-refractivity contribution in [3.05, 3.63) is 48.3 Å². The minimum atomic E-state index is -4.25. The number of halogens is 3. The smallest absolute Gasteiger partial charge is 0.247 e. The van der Waals surface area contributed by atoms with Crippen LogP contribution in [0.25, 0.3) is 0 Å². The van der Waals surface area contributed by atoms with Gasteiger partial charge in [0.05, 0.1) is 19.9 Å². The standard InChI is InChI=1S/C13H15BF3N2/c1-18-8-9-19(2)12(18)14-11(13(15,16)17)10-6-4-3-5-7-10/h3-9,11,14H,1-2H3/q+1/t11-/m0/s1. The lowest BCUT2D eigenvalue weighted by Gasteiger charge is -2.18. The van der Waals surface area contributed by atoms with Gasteiger partial charge in [0, 0.05) is 0 Å². The van der Waals surface area contributed by atoms with Crippen LogP contribution in [0.3, 0.4) is 0 Å². The Kier molecular flexibility index (Phi) is 3.69. The average Bonchev–Trinajstić information content (AvgIpc) is 2.66. The van der Waals surface area contributed by atoms with E-state index in [0.717, 1.165) is 0 Å². The van der Waals surface area contributed by atoms with Crippen molar-refractivity contribution in [3.63, 3.8) is 0 Å². The number of aromatic nitrogens is 2. The molecule has 0 saturated carbocycles. The molecule has 0 bridgehead atoms. The van der Waals surface area contributed by atoms with Gasteiger partial charge in [-0.3, -0.25) is 0 Å². The molecule has 0 spiro atoms. The van der Waals surface area contributed by atoms with Gasteiger partial charge in [0.2, 0.25) is 0 Å². The molecule has 0 saturated heterocycles. The zero-order valence-corrected chi connectivity index (χ0v) is 10.9. The zero-order valence-electron chi connectivity index (χ0n) is 10.9. The maximum atomic E-state index is 13.2. The second kappa shape index (κ2) is 5.11. The number of imidazole rings is 1. The van der Waals surface area contributed by atoms with E-state index in [-0.39, 0.29) is 7.28 Å². The summed E-state index contributed by atoms with van der Waals surface area (Å²) in [7, 11) is 3.45. The first-order valence-electron chi connectivity index (χ1n) is 6.01. The first kappa shape index (κ1) is 13.7. The van der Waals surface area contributed by atoms with Crippen molar-refractivity contribution in [2.75, 3.05) is 0 Å². The SMILES string of the molecule is Cn1cc[n+](C)c1B[C@@H](c1ccccc1)C(F)(F)F. The number of hydrogen-bond donors (Lipinski definition) is 0. The van der Waals surface area contributed by atoms with Crippen LogP contribution in [0.5, 0.6) is 0 Å². The molecule has 0 aliphatic rings. The molecule has 0 amide bonds. The number of rotatable bonds is 3. The Hall–Kier alpha value is -1.72. The van der Waals surface area contributed by atoms with E-state index in [2.05, 4.69) is 0 Å². The number of benzene rings is 1. The van der Waals surface area contributed by atoms with Crippen molar-refractivity contribution in [1.82, 2.24) is 4.57 Å². The average molecular weight is 267 g/mol. The lowest BCUT2D eigenvalue weighted by Crippen LogP contribution is -2.52. The van der Waals surface area contributed by atoms with Gasteiger partial charge in [0.15, 0.2) is 5.72 Å². The molecule has 0 unspecified atom stereocenters. The Bertz CT molecular complexity index is 529. The summed E-state index contributed by atoms with van der Waals surface area (Å²) in [6.45, 7) is 0. The molecular weight excluding hydrogens is 252 g/mol. The van der Waals surface area contributed by atoms with Gasteiger partial charge in [0.25, 0.3) is 7.28 Å². The van der Waals surface area contributed by atoms with E-state index in [0.29, 0.717) is 11.3 Å². The van der Waals surface area contributed by atoms with Crippen LogP contribution in [0.15, 0.2) is 42.7 Å². The number of alkyl halides is 3. The van der Waals surface area contributed by atoms with E-state index >= 15 is 0 Å². The third-order valence-electron chi connectivity index (χ3n) is 3.31. The van der Waals surface area contributed by atoms with Gasteiger partial charge in [-0.05, 0) is 5.56 Å². The van der Waals surface area contributed by atoms with E-state index in [1.54, 1.807) is 53.8 Å². The fraction of sp³-hybridized carbons (Fsp3) is 0.308. The summed E-state index contributed by atoms with van der Waals surface area (Å²) in [6, 6.07) is 8.06. The minimum Gasteiger partial charge on any atom is -0.247 e. The summed E-state index contributed by atoms with van der Waals surface area (Å²) < 4.78 is 43.2. The van der Waals surface area contributed by atoms with Crippen LogP contribution in [-0.4, -0.2) is 18.0 Å². The maximum Gasteiger partial charge on any atom is 0.389 e. The Morgan fingerprint density at radius 1 is 1.21 bits per heavy atom. The van der Waals surface area contributed by atoms with Crippen LogP contribution in [-0.2, 0) is 14.1 Å². The normalized spacial score (nSPS) is 13.3. The molecule has 1 aromatic heterocycles. The third-order valence-corrected chi connectivity index (χ3v) is 3.31. The molecule has 100 valence electrons. The molecule has 6 heteroatoms. The molecule has 2 aromatic rings. The maximum absolute atomic E-state index is 13.2. The van der Waals surface area contributed by atoms with Crippen molar-refractivity contribution in [3.8, 4) is 0 Å².